The van der Waals surface area contributed by atoms with Crippen LogP contribution in [0.1, 0.15) is 27.9 Å². The lowest BCUT2D eigenvalue weighted by Gasteiger charge is -2.31. The second kappa shape index (κ2) is 6.52. The molecule has 1 atom stereocenters. The SMILES string of the molecule is CC1C(=O)NC(=O)CN1C(=O)c1ccc(C#CCCO)s1. The average molecular weight is 306 g/mol. The Hall–Kier alpha value is -2.17. The van der Waals surface area contributed by atoms with Crippen molar-refractivity contribution in [1.82, 2.24) is 10.2 Å². The van der Waals surface area contributed by atoms with Crippen molar-refractivity contribution in [3.63, 3.8) is 0 Å². The fourth-order valence-corrected chi connectivity index (χ4v) is 2.67. The van der Waals surface area contributed by atoms with Crippen molar-refractivity contribution in [2.24, 2.45) is 0 Å². The summed E-state index contributed by atoms with van der Waals surface area (Å²) in [4.78, 5) is 37.7. The molecular formula is C14H14N2O4S. The molecule has 21 heavy (non-hydrogen) atoms. The van der Waals surface area contributed by atoms with Crippen LogP contribution >= 0.6 is 11.3 Å². The van der Waals surface area contributed by atoms with Crippen LogP contribution < -0.4 is 5.32 Å². The monoisotopic (exact) mass is 306 g/mol. The minimum atomic E-state index is -0.679. The van der Waals surface area contributed by atoms with E-state index in [1.165, 1.54) is 16.2 Å². The summed E-state index contributed by atoms with van der Waals surface area (Å²) in [6.07, 6.45) is 0.374. The summed E-state index contributed by atoms with van der Waals surface area (Å²) in [5.74, 6) is 4.31. The molecular weight excluding hydrogens is 292 g/mol. The summed E-state index contributed by atoms with van der Waals surface area (Å²) in [7, 11) is 0. The number of carbonyl (C=O) groups is 3. The van der Waals surface area contributed by atoms with E-state index >= 15 is 0 Å². The first-order valence-corrected chi connectivity index (χ1v) is 7.19. The molecule has 0 bridgehead atoms. The molecule has 0 saturated carbocycles. The molecule has 1 unspecified atom stereocenters. The number of rotatable bonds is 2. The fourth-order valence-electron chi connectivity index (χ4n) is 1.83. The van der Waals surface area contributed by atoms with Crippen LogP contribution in [0.25, 0.3) is 0 Å². The molecule has 1 aliphatic rings. The quantitative estimate of drug-likeness (QED) is 0.593. The number of aliphatic hydroxyl groups excluding tert-OH is 1. The highest BCUT2D eigenvalue weighted by Gasteiger charge is 2.34. The zero-order valence-corrected chi connectivity index (χ0v) is 12.2. The molecule has 1 aromatic heterocycles. The van der Waals surface area contributed by atoms with Crippen molar-refractivity contribution in [2.45, 2.75) is 19.4 Å². The first kappa shape index (κ1) is 15.2. The van der Waals surface area contributed by atoms with Gasteiger partial charge in [0.25, 0.3) is 5.91 Å². The first-order valence-electron chi connectivity index (χ1n) is 6.37. The van der Waals surface area contributed by atoms with Gasteiger partial charge in [0.05, 0.1) is 16.4 Å². The topological polar surface area (TPSA) is 86.7 Å². The van der Waals surface area contributed by atoms with Crippen molar-refractivity contribution >= 4 is 29.1 Å². The molecule has 2 rings (SSSR count). The maximum Gasteiger partial charge on any atom is 0.265 e. The lowest BCUT2D eigenvalue weighted by molar-refractivity contribution is -0.138. The van der Waals surface area contributed by atoms with Crippen LogP contribution in [0.3, 0.4) is 0 Å². The summed E-state index contributed by atoms with van der Waals surface area (Å²) in [5.41, 5.74) is 0. The number of amides is 3. The zero-order valence-electron chi connectivity index (χ0n) is 11.4. The van der Waals surface area contributed by atoms with Crippen LogP contribution in [0.2, 0.25) is 0 Å². The second-order valence-electron chi connectivity index (χ2n) is 4.46. The Morgan fingerprint density at radius 2 is 2.29 bits per heavy atom. The molecule has 0 radical (unpaired) electrons. The normalized spacial score (nSPS) is 18.0. The van der Waals surface area contributed by atoms with Crippen molar-refractivity contribution in [2.75, 3.05) is 13.2 Å². The van der Waals surface area contributed by atoms with Gasteiger partial charge in [-0.25, -0.2) is 0 Å². The number of carbonyl (C=O) groups excluding carboxylic acids is 3. The van der Waals surface area contributed by atoms with E-state index in [0.717, 1.165) is 0 Å². The molecule has 7 heteroatoms. The molecule has 6 nitrogen and oxygen atoms in total. The Kier molecular flexibility index (Phi) is 4.73. The summed E-state index contributed by atoms with van der Waals surface area (Å²) in [5, 5.41) is 10.8. The number of aliphatic hydroxyl groups is 1. The molecule has 1 aromatic rings. The predicted octanol–water partition coefficient (Wildman–Crippen LogP) is -0.0309. The van der Waals surface area contributed by atoms with Gasteiger partial charge in [-0.15, -0.1) is 11.3 Å². The molecule has 110 valence electrons. The van der Waals surface area contributed by atoms with Crippen molar-refractivity contribution < 1.29 is 19.5 Å². The summed E-state index contributed by atoms with van der Waals surface area (Å²) in [6.45, 7) is 1.44. The Bertz CT molecular complexity index is 641. The number of imide groups is 1. The van der Waals surface area contributed by atoms with E-state index in [0.29, 0.717) is 16.2 Å². The van der Waals surface area contributed by atoms with Crippen LogP contribution in [-0.4, -0.2) is 46.9 Å². The number of nitrogens with zero attached hydrogens (tertiary/aromatic N) is 1. The first-order chi connectivity index (χ1) is 10.0. The molecule has 2 heterocycles. The van der Waals surface area contributed by atoms with Gasteiger partial charge in [0.15, 0.2) is 0 Å². The van der Waals surface area contributed by atoms with Crippen LogP contribution in [0.4, 0.5) is 0 Å². The molecule has 0 aliphatic carbocycles. The Labute approximate surface area is 125 Å². The third kappa shape index (κ3) is 3.48. The van der Waals surface area contributed by atoms with Gasteiger partial charge in [-0.1, -0.05) is 11.8 Å². The molecule has 2 N–H and O–H groups in total. The van der Waals surface area contributed by atoms with Gasteiger partial charge in [0.2, 0.25) is 11.8 Å². The molecule has 1 fully saturated rings. The number of nitrogens with one attached hydrogen (secondary N) is 1. The van der Waals surface area contributed by atoms with Gasteiger partial charge in [-0.05, 0) is 19.1 Å². The highest BCUT2D eigenvalue weighted by atomic mass is 32.1. The van der Waals surface area contributed by atoms with E-state index in [1.807, 2.05) is 0 Å². The largest absolute Gasteiger partial charge is 0.395 e. The van der Waals surface area contributed by atoms with Gasteiger partial charge in [-0.2, -0.15) is 0 Å². The van der Waals surface area contributed by atoms with Crippen LogP contribution in [0.5, 0.6) is 0 Å². The highest BCUT2D eigenvalue weighted by Crippen LogP contribution is 2.19. The predicted molar refractivity (Wildman–Crippen MR) is 76.5 cm³/mol. The molecule has 1 aliphatic heterocycles. The highest BCUT2D eigenvalue weighted by molar-refractivity contribution is 7.14. The van der Waals surface area contributed by atoms with Crippen molar-refractivity contribution in [1.29, 1.82) is 0 Å². The van der Waals surface area contributed by atoms with E-state index in [2.05, 4.69) is 17.2 Å². The molecule has 1 saturated heterocycles. The zero-order chi connectivity index (χ0) is 15.4. The maximum atomic E-state index is 12.4. The van der Waals surface area contributed by atoms with E-state index in [4.69, 9.17) is 5.11 Å². The summed E-state index contributed by atoms with van der Waals surface area (Å²) in [6, 6.07) is 2.65. The van der Waals surface area contributed by atoms with Gasteiger partial charge in [-0.3, -0.25) is 19.7 Å². The number of piperazine rings is 1. The third-order valence-electron chi connectivity index (χ3n) is 2.95. The standard InChI is InChI=1S/C14H14N2O4S/c1-9-13(19)15-12(18)8-16(9)14(20)11-6-5-10(21-11)4-2-3-7-17/h5-6,9,17H,3,7-8H2,1H3,(H,15,18,19). The Balaban J connectivity index is 2.15. The summed E-state index contributed by atoms with van der Waals surface area (Å²) >= 11 is 1.20. The fraction of sp³-hybridized carbons (Fsp3) is 0.357. The van der Waals surface area contributed by atoms with Crippen LogP contribution in [0, 0.1) is 11.8 Å². The number of hydrogen-bond acceptors (Lipinski definition) is 5. The summed E-state index contributed by atoms with van der Waals surface area (Å²) < 4.78 is 0. The van der Waals surface area contributed by atoms with E-state index in [1.54, 1.807) is 19.1 Å². The second-order valence-corrected chi connectivity index (χ2v) is 5.54. The minimum absolute atomic E-state index is 0.00726. The van der Waals surface area contributed by atoms with Gasteiger partial charge in [0.1, 0.15) is 12.6 Å². The van der Waals surface area contributed by atoms with Gasteiger partial charge in [0, 0.05) is 6.42 Å². The van der Waals surface area contributed by atoms with E-state index in [9.17, 15) is 14.4 Å². The lowest BCUT2D eigenvalue weighted by atomic mass is 10.2. The lowest BCUT2D eigenvalue weighted by Crippen LogP contribution is -2.58. The molecule has 0 spiro atoms. The van der Waals surface area contributed by atoms with Gasteiger partial charge >= 0.3 is 0 Å². The number of hydrogen-bond donors (Lipinski definition) is 2. The average Bonchev–Trinajstić information content (AvgIpc) is 2.91. The van der Waals surface area contributed by atoms with Crippen LogP contribution in [-0.2, 0) is 9.59 Å². The maximum absolute atomic E-state index is 12.4. The third-order valence-corrected chi connectivity index (χ3v) is 3.94. The minimum Gasteiger partial charge on any atom is -0.395 e. The van der Waals surface area contributed by atoms with Crippen molar-refractivity contribution in [3.8, 4) is 11.8 Å². The Morgan fingerprint density at radius 1 is 1.52 bits per heavy atom. The number of thiophene rings is 1. The van der Waals surface area contributed by atoms with E-state index in [-0.39, 0.29) is 19.1 Å². The van der Waals surface area contributed by atoms with Crippen LogP contribution in [0.15, 0.2) is 12.1 Å². The molecule has 3 amide bonds. The van der Waals surface area contributed by atoms with Crippen molar-refractivity contribution in [3.05, 3.63) is 21.9 Å². The molecule has 0 aromatic carbocycles. The Morgan fingerprint density at radius 3 is 3.00 bits per heavy atom. The smallest absolute Gasteiger partial charge is 0.265 e. The van der Waals surface area contributed by atoms with Gasteiger partial charge < -0.3 is 10.0 Å². The van der Waals surface area contributed by atoms with E-state index < -0.39 is 17.9 Å².